The van der Waals surface area contributed by atoms with E-state index in [2.05, 4.69) is 10.3 Å². The second-order valence-electron chi connectivity index (χ2n) is 2.21. The van der Waals surface area contributed by atoms with Gasteiger partial charge in [0.2, 0.25) is 12.3 Å². The summed E-state index contributed by atoms with van der Waals surface area (Å²) in [7, 11) is 1.56. The molecule has 4 nitrogen and oxygen atoms in total. The summed E-state index contributed by atoms with van der Waals surface area (Å²) in [6.07, 6.45) is 2.32. The fourth-order valence-electron chi connectivity index (χ4n) is 0.796. The number of carbonyl (C=O) groups is 1. The fraction of sp³-hybridized carbons (Fsp3) is 0.250. The van der Waals surface area contributed by atoms with Crippen molar-refractivity contribution in [2.45, 2.75) is 6.54 Å². The van der Waals surface area contributed by atoms with E-state index < -0.39 is 0 Å². The number of rotatable bonds is 4. The Hall–Kier alpha value is -1.58. The van der Waals surface area contributed by atoms with Crippen LogP contribution in [0.25, 0.3) is 0 Å². The molecule has 0 aromatic carbocycles. The molecule has 1 amide bonds. The molecule has 0 unspecified atom stereocenters. The van der Waals surface area contributed by atoms with Gasteiger partial charge in [0, 0.05) is 18.8 Å². The van der Waals surface area contributed by atoms with Crippen LogP contribution < -0.4 is 10.1 Å². The Bertz CT molecular complexity index is 246. The average molecular weight is 166 g/mol. The van der Waals surface area contributed by atoms with E-state index in [0.29, 0.717) is 18.8 Å². The highest BCUT2D eigenvalue weighted by Crippen LogP contribution is 2.05. The van der Waals surface area contributed by atoms with Gasteiger partial charge in [-0.1, -0.05) is 6.07 Å². The number of ether oxygens (including phenoxy) is 1. The molecule has 1 N–H and O–H groups in total. The number of hydrogen-bond acceptors (Lipinski definition) is 3. The van der Waals surface area contributed by atoms with E-state index in [9.17, 15) is 4.79 Å². The smallest absolute Gasteiger partial charge is 0.212 e. The number of amides is 1. The van der Waals surface area contributed by atoms with Gasteiger partial charge in [-0.3, -0.25) is 4.79 Å². The quantitative estimate of drug-likeness (QED) is 0.656. The largest absolute Gasteiger partial charge is 0.481 e. The molecule has 12 heavy (non-hydrogen) atoms. The lowest BCUT2D eigenvalue weighted by molar-refractivity contribution is -0.109. The highest BCUT2D eigenvalue weighted by molar-refractivity contribution is 5.46. The highest BCUT2D eigenvalue weighted by Gasteiger charge is 1.93. The lowest BCUT2D eigenvalue weighted by Crippen LogP contribution is -2.09. The summed E-state index contributed by atoms with van der Waals surface area (Å²) in [5.41, 5.74) is 0.947. The Labute approximate surface area is 70.6 Å². The zero-order chi connectivity index (χ0) is 8.81. The molecule has 0 spiro atoms. The summed E-state index contributed by atoms with van der Waals surface area (Å²) in [4.78, 5) is 13.9. The predicted molar refractivity (Wildman–Crippen MR) is 43.7 cm³/mol. The molecular weight excluding hydrogens is 156 g/mol. The molecule has 0 saturated heterocycles. The van der Waals surface area contributed by atoms with Crippen molar-refractivity contribution in [3.8, 4) is 5.88 Å². The van der Waals surface area contributed by atoms with Gasteiger partial charge in [-0.25, -0.2) is 4.98 Å². The van der Waals surface area contributed by atoms with Crippen LogP contribution in [0.1, 0.15) is 5.56 Å². The van der Waals surface area contributed by atoms with Crippen molar-refractivity contribution in [2.24, 2.45) is 0 Å². The van der Waals surface area contributed by atoms with E-state index in [0.717, 1.165) is 5.56 Å². The molecule has 1 aromatic rings. The molecule has 1 heterocycles. The highest BCUT2D eigenvalue weighted by atomic mass is 16.5. The topological polar surface area (TPSA) is 51.2 Å². The lowest BCUT2D eigenvalue weighted by Gasteiger charge is -2.00. The van der Waals surface area contributed by atoms with Gasteiger partial charge in [0.25, 0.3) is 0 Å². The first kappa shape index (κ1) is 8.52. The van der Waals surface area contributed by atoms with Gasteiger partial charge in [0.1, 0.15) is 0 Å². The monoisotopic (exact) mass is 166 g/mol. The van der Waals surface area contributed by atoms with E-state index in [1.807, 2.05) is 6.07 Å². The van der Waals surface area contributed by atoms with Crippen LogP contribution >= 0.6 is 0 Å². The molecule has 0 bridgehead atoms. The third kappa shape index (κ3) is 2.23. The zero-order valence-electron chi connectivity index (χ0n) is 6.78. The average Bonchev–Trinajstić information content (AvgIpc) is 2.15. The predicted octanol–water partition coefficient (Wildman–Crippen LogP) is 0.336. The Balaban J connectivity index is 2.58. The van der Waals surface area contributed by atoms with Crippen LogP contribution in [0, 0.1) is 0 Å². The molecule has 0 fully saturated rings. The molecular formula is C8H10N2O2. The molecule has 0 radical (unpaired) electrons. The molecule has 64 valence electrons. The van der Waals surface area contributed by atoms with Gasteiger partial charge >= 0.3 is 0 Å². The van der Waals surface area contributed by atoms with Gasteiger partial charge in [-0.15, -0.1) is 0 Å². The molecule has 0 atom stereocenters. The van der Waals surface area contributed by atoms with Gasteiger partial charge in [0.15, 0.2) is 0 Å². The van der Waals surface area contributed by atoms with Crippen molar-refractivity contribution < 1.29 is 9.53 Å². The van der Waals surface area contributed by atoms with Crippen molar-refractivity contribution >= 4 is 6.41 Å². The Morgan fingerprint density at radius 1 is 1.67 bits per heavy atom. The van der Waals surface area contributed by atoms with Crippen LogP contribution in [-0.4, -0.2) is 18.5 Å². The number of nitrogens with zero attached hydrogens (tertiary/aromatic N) is 1. The third-order valence-corrected chi connectivity index (χ3v) is 1.40. The lowest BCUT2D eigenvalue weighted by atomic mass is 10.3. The molecule has 0 aliphatic carbocycles. The molecule has 1 rings (SSSR count). The van der Waals surface area contributed by atoms with Gasteiger partial charge in [-0.05, 0) is 5.56 Å². The van der Waals surface area contributed by atoms with E-state index in [4.69, 9.17) is 4.74 Å². The standard InChI is InChI=1S/C8H10N2O2/c1-12-8-3-2-7(5-10-8)4-9-6-11/h2-3,5-6H,4H2,1H3,(H,9,11). The van der Waals surface area contributed by atoms with Crippen LogP contribution in [0.3, 0.4) is 0 Å². The summed E-state index contributed by atoms with van der Waals surface area (Å²) in [6, 6.07) is 3.60. The SMILES string of the molecule is COc1ccc(CNC=O)cn1. The normalized spacial score (nSPS) is 9.08. The van der Waals surface area contributed by atoms with Crippen molar-refractivity contribution in [3.63, 3.8) is 0 Å². The minimum atomic E-state index is 0.500. The number of methoxy groups -OCH3 is 1. The number of aromatic nitrogens is 1. The minimum absolute atomic E-state index is 0.500. The molecule has 1 aromatic heterocycles. The summed E-state index contributed by atoms with van der Waals surface area (Å²) in [5, 5.41) is 2.54. The second kappa shape index (κ2) is 4.33. The summed E-state index contributed by atoms with van der Waals surface area (Å²) in [6.45, 7) is 0.500. The van der Waals surface area contributed by atoms with Crippen molar-refractivity contribution in [1.82, 2.24) is 10.3 Å². The van der Waals surface area contributed by atoms with Crippen LogP contribution in [-0.2, 0) is 11.3 Å². The van der Waals surface area contributed by atoms with Crippen molar-refractivity contribution in [2.75, 3.05) is 7.11 Å². The number of pyridine rings is 1. The molecule has 4 heteroatoms. The van der Waals surface area contributed by atoms with E-state index >= 15 is 0 Å². The Morgan fingerprint density at radius 3 is 3.00 bits per heavy atom. The summed E-state index contributed by atoms with van der Waals surface area (Å²) in [5.74, 6) is 0.574. The molecule has 0 aliphatic heterocycles. The van der Waals surface area contributed by atoms with Crippen LogP contribution in [0.4, 0.5) is 0 Å². The second-order valence-corrected chi connectivity index (χ2v) is 2.21. The first-order valence-electron chi connectivity index (χ1n) is 3.53. The first-order valence-corrected chi connectivity index (χ1v) is 3.53. The van der Waals surface area contributed by atoms with E-state index in [1.54, 1.807) is 19.4 Å². The summed E-state index contributed by atoms with van der Waals surface area (Å²) < 4.78 is 4.87. The maximum Gasteiger partial charge on any atom is 0.212 e. The maximum atomic E-state index is 9.95. The fourth-order valence-corrected chi connectivity index (χ4v) is 0.796. The maximum absolute atomic E-state index is 9.95. The van der Waals surface area contributed by atoms with Crippen molar-refractivity contribution in [1.29, 1.82) is 0 Å². The first-order chi connectivity index (χ1) is 5.86. The van der Waals surface area contributed by atoms with Gasteiger partial charge < -0.3 is 10.1 Å². The van der Waals surface area contributed by atoms with Crippen LogP contribution in [0.5, 0.6) is 5.88 Å². The summed E-state index contributed by atoms with van der Waals surface area (Å²) >= 11 is 0. The van der Waals surface area contributed by atoms with Gasteiger partial charge in [-0.2, -0.15) is 0 Å². The third-order valence-electron chi connectivity index (χ3n) is 1.40. The number of nitrogens with one attached hydrogen (secondary N) is 1. The van der Waals surface area contributed by atoms with E-state index in [-0.39, 0.29) is 0 Å². The Kier molecular flexibility index (Phi) is 3.07. The minimum Gasteiger partial charge on any atom is -0.481 e. The number of hydrogen-bond donors (Lipinski definition) is 1. The van der Waals surface area contributed by atoms with Gasteiger partial charge in [0.05, 0.1) is 7.11 Å². The number of carbonyl (C=O) groups excluding carboxylic acids is 1. The molecule has 0 aliphatic rings. The van der Waals surface area contributed by atoms with Crippen molar-refractivity contribution in [3.05, 3.63) is 23.9 Å². The van der Waals surface area contributed by atoms with Crippen LogP contribution in [0.15, 0.2) is 18.3 Å². The van der Waals surface area contributed by atoms with E-state index in [1.165, 1.54) is 0 Å². The zero-order valence-corrected chi connectivity index (χ0v) is 6.78. The molecule has 0 saturated carbocycles. The Morgan fingerprint density at radius 2 is 2.50 bits per heavy atom. The van der Waals surface area contributed by atoms with Crippen LogP contribution in [0.2, 0.25) is 0 Å².